The highest BCUT2D eigenvalue weighted by Gasteiger charge is 2.12. The molecule has 1 aromatic rings. The van der Waals surface area contributed by atoms with Crippen molar-refractivity contribution in [1.82, 2.24) is 10.3 Å². The first-order valence-electron chi connectivity index (χ1n) is 5.61. The zero-order chi connectivity index (χ0) is 12.8. The van der Waals surface area contributed by atoms with E-state index < -0.39 is 0 Å². The summed E-state index contributed by atoms with van der Waals surface area (Å²) >= 11 is 11.6. The molecule has 1 N–H and O–H groups in total. The molecule has 5 heteroatoms. The number of hydrogen-bond donors (Lipinski definition) is 1. The Morgan fingerprint density at radius 2 is 2.12 bits per heavy atom. The Morgan fingerprint density at radius 3 is 2.76 bits per heavy atom. The number of amides is 1. The van der Waals surface area contributed by atoms with Gasteiger partial charge < -0.3 is 5.32 Å². The zero-order valence-electron chi connectivity index (χ0n) is 9.96. The van der Waals surface area contributed by atoms with Crippen molar-refractivity contribution in [3.05, 3.63) is 28.0 Å². The SMILES string of the molecule is CC(C)CCCNC(=O)c1nc(Cl)ccc1Cl. The van der Waals surface area contributed by atoms with Gasteiger partial charge in [-0.05, 0) is 30.9 Å². The van der Waals surface area contributed by atoms with Crippen LogP contribution in [0.2, 0.25) is 10.2 Å². The second kappa shape index (κ2) is 6.82. The molecule has 0 unspecified atom stereocenters. The number of pyridine rings is 1. The Kier molecular flexibility index (Phi) is 5.72. The summed E-state index contributed by atoms with van der Waals surface area (Å²) in [4.78, 5) is 15.7. The third-order valence-electron chi connectivity index (χ3n) is 2.27. The van der Waals surface area contributed by atoms with Gasteiger partial charge in [0.25, 0.3) is 5.91 Å². The normalized spacial score (nSPS) is 10.6. The molecule has 0 aromatic carbocycles. The monoisotopic (exact) mass is 274 g/mol. The molecule has 0 atom stereocenters. The van der Waals surface area contributed by atoms with Gasteiger partial charge in [0.05, 0.1) is 5.02 Å². The fourth-order valence-corrected chi connectivity index (χ4v) is 1.71. The number of carbonyl (C=O) groups is 1. The van der Waals surface area contributed by atoms with Crippen molar-refractivity contribution in [2.45, 2.75) is 26.7 Å². The van der Waals surface area contributed by atoms with Crippen LogP contribution >= 0.6 is 23.2 Å². The molecular weight excluding hydrogens is 259 g/mol. The van der Waals surface area contributed by atoms with Gasteiger partial charge in [0, 0.05) is 6.54 Å². The van der Waals surface area contributed by atoms with Crippen LogP contribution in [0.3, 0.4) is 0 Å². The minimum atomic E-state index is -0.277. The van der Waals surface area contributed by atoms with E-state index in [0.717, 1.165) is 12.8 Å². The molecule has 0 saturated heterocycles. The van der Waals surface area contributed by atoms with E-state index >= 15 is 0 Å². The number of nitrogens with one attached hydrogen (secondary N) is 1. The second-order valence-corrected chi connectivity index (χ2v) is 5.05. The maximum Gasteiger partial charge on any atom is 0.271 e. The molecule has 1 rings (SSSR count). The Labute approximate surface area is 112 Å². The van der Waals surface area contributed by atoms with Gasteiger partial charge >= 0.3 is 0 Å². The lowest BCUT2D eigenvalue weighted by Crippen LogP contribution is -2.26. The molecule has 17 heavy (non-hydrogen) atoms. The fraction of sp³-hybridized carbons (Fsp3) is 0.500. The first kappa shape index (κ1) is 14.3. The average Bonchev–Trinajstić information content (AvgIpc) is 2.27. The van der Waals surface area contributed by atoms with Crippen LogP contribution in [0, 0.1) is 5.92 Å². The number of nitrogens with zero attached hydrogens (tertiary/aromatic N) is 1. The maximum atomic E-state index is 11.7. The molecule has 0 aliphatic heterocycles. The number of hydrogen-bond acceptors (Lipinski definition) is 2. The molecule has 1 amide bonds. The molecule has 0 radical (unpaired) electrons. The van der Waals surface area contributed by atoms with Gasteiger partial charge in [-0.15, -0.1) is 0 Å². The highest BCUT2D eigenvalue weighted by molar-refractivity contribution is 6.34. The van der Waals surface area contributed by atoms with E-state index in [1.807, 2.05) is 0 Å². The van der Waals surface area contributed by atoms with Crippen LogP contribution in [0.5, 0.6) is 0 Å². The lowest BCUT2D eigenvalue weighted by atomic mass is 10.1. The minimum Gasteiger partial charge on any atom is -0.351 e. The lowest BCUT2D eigenvalue weighted by Gasteiger charge is -2.07. The van der Waals surface area contributed by atoms with Crippen molar-refractivity contribution in [2.75, 3.05) is 6.54 Å². The van der Waals surface area contributed by atoms with Gasteiger partial charge in [0.1, 0.15) is 10.8 Å². The number of aromatic nitrogens is 1. The van der Waals surface area contributed by atoms with E-state index in [-0.39, 0.29) is 16.8 Å². The quantitative estimate of drug-likeness (QED) is 0.659. The van der Waals surface area contributed by atoms with Gasteiger partial charge in [-0.25, -0.2) is 4.98 Å². The first-order valence-corrected chi connectivity index (χ1v) is 6.36. The topological polar surface area (TPSA) is 42.0 Å². The Morgan fingerprint density at radius 1 is 1.41 bits per heavy atom. The largest absolute Gasteiger partial charge is 0.351 e. The van der Waals surface area contributed by atoms with Crippen LogP contribution in [-0.2, 0) is 0 Å². The van der Waals surface area contributed by atoms with E-state index in [0.29, 0.717) is 17.5 Å². The number of carbonyl (C=O) groups excluding carboxylic acids is 1. The third kappa shape index (κ3) is 4.92. The summed E-state index contributed by atoms with van der Waals surface area (Å²) in [6, 6.07) is 3.12. The molecule has 0 saturated carbocycles. The van der Waals surface area contributed by atoms with Gasteiger partial charge in [-0.3, -0.25) is 4.79 Å². The van der Waals surface area contributed by atoms with Crippen LogP contribution in [0.1, 0.15) is 37.2 Å². The van der Waals surface area contributed by atoms with Crippen molar-refractivity contribution in [1.29, 1.82) is 0 Å². The van der Waals surface area contributed by atoms with Gasteiger partial charge in [0.2, 0.25) is 0 Å². The summed E-state index contributed by atoms with van der Waals surface area (Å²) in [5.41, 5.74) is 0.184. The summed E-state index contributed by atoms with van der Waals surface area (Å²) in [5.74, 6) is 0.362. The van der Waals surface area contributed by atoms with Gasteiger partial charge in [-0.1, -0.05) is 37.0 Å². The summed E-state index contributed by atoms with van der Waals surface area (Å²) < 4.78 is 0. The van der Waals surface area contributed by atoms with E-state index in [2.05, 4.69) is 24.1 Å². The Balaban J connectivity index is 2.49. The van der Waals surface area contributed by atoms with E-state index in [9.17, 15) is 4.79 Å². The van der Waals surface area contributed by atoms with Crippen LogP contribution in [-0.4, -0.2) is 17.4 Å². The van der Waals surface area contributed by atoms with Crippen LogP contribution < -0.4 is 5.32 Å². The van der Waals surface area contributed by atoms with Gasteiger partial charge in [-0.2, -0.15) is 0 Å². The predicted molar refractivity (Wildman–Crippen MR) is 70.7 cm³/mol. The molecular formula is C12H16Cl2N2O. The Bertz CT molecular complexity index is 394. The fourth-order valence-electron chi connectivity index (χ4n) is 1.37. The molecule has 0 bridgehead atoms. The lowest BCUT2D eigenvalue weighted by molar-refractivity contribution is 0.0947. The maximum absolute atomic E-state index is 11.7. The van der Waals surface area contributed by atoms with Crippen LogP contribution in [0.15, 0.2) is 12.1 Å². The molecule has 0 spiro atoms. The summed E-state index contributed by atoms with van der Waals surface area (Å²) in [5, 5.41) is 3.36. The summed E-state index contributed by atoms with van der Waals surface area (Å²) in [7, 11) is 0. The highest BCUT2D eigenvalue weighted by atomic mass is 35.5. The molecule has 1 aromatic heterocycles. The summed E-state index contributed by atoms with van der Waals surface area (Å²) in [6.45, 7) is 4.93. The minimum absolute atomic E-state index is 0.184. The van der Waals surface area contributed by atoms with Gasteiger partial charge in [0.15, 0.2) is 0 Å². The van der Waals surface area contributed by atoms with Crippen molar-refractivity contribution < 1.29 is 4.79 Å². The Hall–Kier alpha value is -0.800. The molecule has 1 heterocycles. The third-order valence-corrected chi connectivity index (χ3v) is 2.79. The van der Waals surface area contributed by atoms with E-state index in [4.69, 9.17) is 23.2 Å². The smallest absolute Gasteiger partial charge is 0.271 e. The molecule has 0 aliphatic rings. The highest BCUT2D eigenvalue weighted by Crippen LogP contribution is 2.16. The molecule has 94 valence electrons. The molecule has 0 fully saturated rings. The van der Waals surface area contributed by atoms with E-state index in [1.54, 1.807) is 12.1 Å². The number of rotatable bonds is 5. The second-order valence-electron chi connectivity index (χ2n) is 4.26. The van der Waals surface area contributed by atoms with Crippen LogP contribution in [0.4, 0.5) is 0 Å². The summed E-state index contributed by atoms with van der Waals surface area (Å²) in [6.07, 6.45) is 2.03. The number of halogens is 2. The van der Waals surface area contributed by atoms with Crippen molar-refractivity contribution in [3.63, 3.8) is 0 Å². The average molecular weight is 275 g/mol. The standard InChI is InChI=1S/C12H16Cl2N2O/c1-8(2)4-3-7-15-12(17)11-9(13)5-6-10(14)16-11/h5-6,8H,3-4,7H2,1-2H3,(H,15,17). The van der Waals surface area contributed by atoms with Crippen molar-refractivity contribution in [2.24, 2.45) is 5.92 Å². The van der Waals surface area contributed by atoms with Crippen LogP contribution in [0.25, 0.3) is 0 Å². The zero-order valence-corrected chi connectivity index (χ0v) is 11.5. The van der Waals surface area contributed by atoms with Crippen molar-refractivity contribution >= 4 is 29.1 Å². The molecule has 0 aliphatic carbocycles. The predicted octanol–water partition coefficient (Wildman–Crippen LogP) is 3.55. The van der Waals surface area contributed by atoms with E-state index in [1.165, 1.54) is 0 Å². The van der Waals surface area contributed by atoms with Crippen molar-refractivity contribution in [3.8, 4) is 0 Å². The molecule has 3 nitrogen and oxygen atoms in total. The first-order chi connectivity index (χ1) is 8.00.